The first-order valence-electron chi connectivity index (χ1n) is 5.92. The molecule has 0 aromatic heterocycles. The highest BCUT2D eigenvalue weighted by molar-refractivity contribution is 5.85. The van der Waals surface area contributed by atoms with Crippen molar-refractivity contribution in [3.63, 3.8) is 0 Å². The fourth-order valence-corrected chi connectivity index (χ4v) is 1.67. The number of ether oxygens (including phenoxy) is 1. The minimum absolute atomic E-state index is 0.407. The molecule has 0 atom stereocenters. The number of carboxylic acid groups (broad SMARTS) is 1. The van der Waals surface area contributed by atoms with Gasteiger partial charge in [-0.2, -0.15) is 0 Å². The van der Waals surface area contributed by atoms with E-state index in [2.05, 4.69) is 0 Å². The van der Waals surface area contributed by atoms with Crippen molar-refractivity contribution in [2.24, 2.45) is 0 Å². The first-order valence-corrected chi connectivity index (χ1v) is 5.92. The van der Waals surface area contributed by atoms with E-state index in [0.717, 1.165) is 23.0 Å². The minimum Gasteiger partial charge on any atom is -0.489 e. The predicted molar refractivity (Wildman–Crippen MR) is 73.9 cm³/mol. The molecule has 3 heteroatoms. The van der Waals surface area contributed by atoms with Crippen LogP contribution < -0.4 is 4.74 Å². The van der Waals surface area contributed by atoms with E-state index in [1.807, 2.05) is 54.6 Å². The fourth-order valence-electron chi connectivity index (χ4n) is 1.67. The molecule has 0 radical (unpaired) electrons. The van der Waals surface area contributed by atoms with E-state index < -0.39 is 5.97 Å². The zero-order valence-electron chi connectivity index (χ0n) is 10.3. The largest absolute Gasteiger partial charge is 0.489 e. The van der Waals surface area contributed by atoms with Crippen molar-refractivity contribution in [2.75, 3.05) is 0 Å². The first kappa shape index (κ1) is 12.9. The molecule has 0 aliphatic heterocycles. The summed E-state index contributed by atoms with van der Waals surface area (Å²) in [5.41, 5.74) is 1.80. The van der Waals surface area contributed by atoms with Gasteiger partial charge in [0, 0.05) is 6.08 Å². The zero-order valence-corrected chi connectivity index (χ0v) is 10.3. The second-order valence-electron chi connectivity index (χ2n) is 3.97. The number of hydrogen-bond acceptors (Lipinski definition) is 2. The van der Waals surface area contributed by atoms with Crippen molar-refractivity contribution >= 4 is 12.0 Å². The summed E-state index contributed by atoms with van der Waals surface area (Å²) in [5.74, 6) is -0.168. The number of carboxylic acids is 1. The number of hydrogen-bond donors (Lipinski definition) is 1. The van der Waals surface area contributed by atoms with Crippen LogP contribution in [0.5, 0.6) is 5.75 Å². The number of rotatable bonds is 5. The molecule has 0 bridgehead atoms. The summed E-state index contributed by atoms with van der Waals surface area (Å²) in [6.07, 6.45) is 2.70. The van der Waals surface area contributed by atoms with Gasteiger partial charge in [0.1, 0.15) is 12.4 Å². The van der Waals surface area contributed by atoms with Crippen molar-refractivity contribution in [2.45, 2.75) is 6.61 Å². The molecule has 0 aliphatic rings. The smallest absolute Gasteiger partial charge is 0.328 e. The summed E-state index contributed by atoms with van der Waals surface area (Å²) in [7, 11) is 0. The molecule has 2 rings (SSSR count). The standard InChI is InChI=1S/C16H14O3/c17-16(18)11-10-13-6-4-5-7-14(13)12-19-15-8-2-1-3-9-15/h1-11H,12H2,(H,17,18). The number of aliphatic carboxylic acids is 1. The molecule has 0 unspecified atom stereocenters. The van der Waals surface area contributed by atoms with Gasteiger partial charge in [-0.1, -0.05) is 42.5 Å². The second-order valence-corrected chi connectivity index (χ2v) is 3.97. The molecule has 1 N–H and O–H groups in total. The maximum atomic E-state index is 10.5. The summed E-state index contributed by atoms with van der Waals surface area (Å²) < 4.78 is 5.66. The lowest BCUT2D eigenvalue weighted by Gasteiger charge is -2.08. The minimum atomic E-state index is -0.959. The van der Waals surface area contributed by atoms with Crippen LogP contribution in [0.15, 0.2) is 60.7 Å². The Morgan fingerprint density at radius 1 is 1.05 bits per heavy atom. The topological polar surface area (TPSA) is 46.5 Å². The molecule has 0 fully saturated rings. The van der Waals surface area contributed by atoms with Crippen LogP contribution in [-0.2, 0) is 11.4 Å². The van der Waals surface area contributed by atoms with Gasteiger partial charge in [0.2, 0.25) is 0 Å². The van der Waals surface area contributed by atoms with Crippen LogP contribution in [0.4, 0.5) is 0 Å². The maximum absolute atomic E-state index is 10.5. The highest BCUT2D eigenvalue weighted by atomic mass is 16.5. The Bertz CT molecular complexity index is 574. The van der Waals surface area contributed by atoms with Crippen LogP contribution in [-0.4, -0.2) is 11.1 Å². The van der Waals surface area contributed by atoms with Crippen LogP contribution in [0.1, 0.15) is 11.1 Å². The molecular weight excluding hydrogens is 240 g/mol. The number of para-hydroxylation sites is 1. The lowest BCUT2D eigenvalue weighted by atomic mass is 10.1. The Labute approximate surface area is 111 Å². The van der Waals surface area contributed by atoms with E-state index in [0.29, 0.717) is 6.61 Å². The van der Waals surface area contributed by atoms with Crippen LogP contribution in [0.2, 0.25) is 0 Å². The monoisotopic (exact) mass is 254 g/mol. The van der Waals surface area contributed by atoms with Crippen LogP contribution in [0.3, 0.4) is 0 Å². The Morgan fingerprint density at radius 2 is 1.74 bits per heavy atom. The third-order valence-electron chi connectivity index (χ3n) is 2.60. The quantitative estimate of drug-likeness (QED) is 0.832. The lowest BCUT2D eigenvalue weighted by molar-refractivity contribution is -0.131. The molecule has 19 heavy (non-hydrogen) atoms. The van der Waals surface area contributed by atoms with Gasteiger partial charge >= 0.3 is 5.97 Å². The molecule has 3 nitrogen and oxygen atoms in total. The van der Waals surface area contributed by atoms with Gasteiger partial charge < -0.3 is 9.84 Å². The van der Waals surface area contributed by atoms with Gasteiger partial charge in [0.05, 0.1) is 0 Å². The SMILES string of the molecule is O=C(O)C=Cc1ccccc1COc1ccccc1. The summed E-state index contributed by atoms with van der Waals surface area (Å²) >= 11 is 0. The van der Waals surface area contributed by atoms with Gasteiger partial charge in [-0.15, -0.1) is 0 Å². The van der Waals surface area contributed by atoms with Gasteiger partial charge in [0.15, 0.2) is 0 Å². The molecule has 0 saturated heterocycles. The maximum Gasteiger partial charge on any atom is 0.328 e. The van der Waals surface area contributed by atoms with Crippen LogP contribution in [0.25, 0.3) is 6.08 Å². The molecule has 2 aromatic carbocycles. The molecule has 0 heterocycles. The summed E-state index contributed by atoms with van der Waals surface area (Å²) in [6.45, 7) is 0.407. The van der Waals surface area contributed by atoms with E-state index in [-0.39, 0.29) is 0 Å². The first-order chi connectivity index (χ1) is 9.25. The van der Waals surface area contributed by atoms with E-state index >= 15 is 0 Å². The van der Waals surface area contributed by atoms with E-state index in [1.54, 1.807) is 6.08 Å². The second kappa shape index (κ2) is 6.40. The normalized spacial score (nSPS) is 10.5. The van der Waals surface area contributed by atoms with Crippen molar-refractivity contribution < 1.29 is 14.6 Å². The van der Waals surface area contributed by atoms with Gasteiger partial charge in [-0.3, -0.25) is 0 Å². The van der Waals surface area contributed by atoms with Crippen LogP contribution >= 0.6 is 0 Å². The summed E-state index contributed by atoms with van der Waals surface area (Å²) in [6, 6.07) is 17.1. The zero-order chi connectivity index (χ0) is 13.5. The van der Waals surface area contributed by atoms with Gasteiger partial charge in [-0.25, -0.2) is 4.79 Å². The molecule has 2 aromatic rings. The van der Waals surface area contributed by atoms with Crippen molar-refractivity contribution in [3.05, 3.63) is 71.8 Å². The average Bonchev–Trinajstić information content (AvgIpc) is 2.45. The van der Waals surface area contributed by atoms with Crippen molar-refractivity contribution in [1.29, 1.82) is 0 Å². The van der Waals surface area contributed by atoms with E-state index in [1.165, 1.54) is 0 Å². The molecule has 0 amide bonds. The Morgan fingerprint density at radius 3 is 2.47 bits per heavy atom. The molecule has 0 saturated carbocycles. The number of carbonyl (C=O) groups is 1. The average molecular weight is 254 g/mol. The number of benzene rings is 2. The fraction of sp³-hybridized carbons (Fsp3) is 0.0625. The molecule has 96 valence electrons. The van der Waals surface area contributed by atoms with Gasteiger partial charge in [0.25, 0.3) is 0 Å². The van der Waals surface area contributed by atoms with Gasteiger partial charge in [-0.05, 0) is 29.3 Å². The lowest BCUT2D eigenvalue weighted by Crippen LogP contribution is -1.98. The Kier molecular flexibility index (Phi) is 4.34. The summed E-state index contributed by atoms with van der Waals surface area (Å²) in [4.78, 5) is 10.5. The van der Waals surface area contributed by atoms with E-state index in [4.69, 9.17) is 9.84 Å². The highest BCUT2D eigenvalue weighted by Crippen LogP contribution is 2.15. The van der Waals surface area contributed by atoms with E-state index in [9.17, 15) is 4.79 Å². The third-order valence-corrected chi connectivity index (χ3v) is 2.60. The molecular formula is C16H14O3. The Balaban J connectivity index is 2.10. The predicted octanol–water partition coefficient (Wildman–Crippen LogP) is 3.36. The third kappa shape index (κ3) is 4.00. The summed E-state index contributed by atoms with van der Waals surface area (Å²) in [5, 5.41) is 8.66. The van der Waals surface area contributed by atoms with Crippen LogP contribution in [0, 0.1) is 0 Å². The Hall–Kier alpha value is -2.55. The molecule has 0 aliphatic carbocycles. The van der Waals surface area contributed by atoms with Crippen molar-refractivity contribution in [3.8, 4) is 5.75 Å². The highest BCUT2D eigenvalue weighted by Gasteiger charge is 2.00. The molecule has 0 spiro atoms. The van der Waals surface area contributed by atoms with Crippen molar-refractivity contribution in [1.82, 2.24) is 0 Å².